The van der Waals surface area contributed by atoms with Crippen molar-refractivity contribution in [3.8, 4) is 5.69 Å². The summed E-state index contributed by atoms with van der Waals surface area (Å²) in [5.41, 5.74) is 2.33. The first-order chi connectivity index (χ1) is 14.0. The number of aryl methyl sites for hydroxylation is 2. The van der Waals surface area contributed by atoms with E-state index in [0.717, 1.165) is 21.7 Å². The van der Waals surface area contributed by atoms with Gasteiger partial charge in [0.2, 0.25) is 0 Å². The predicted molar refractivity (Wildman–Crippen MR) is 112 cm³/mol. The molecule has 2 nitrogen and oxygen atoms in total. The molecule has 0 bridgehead atoms. The molecule has 0 spiro atoms. The van der Waals surface area contributed by atoms with Gasteiger partial charge in [-0.3, -0.25) is 4.57 Å². The average molecular weight is 410 g/mol. The van der Waals surface area contributed by atoms with Crippen LogP contribution in [0.25, 0.3) is 5.69 Å². The minimum atomic E-state index is -1.20. The van der Waals surface area contributed by atoms with Gasteiger partial charge in [-0.2, -0.15) is 0 Å². The van der Waals surface area contributed by atoms with Crippen molar-refractivity contribution in [3.05, 3.63) is 102 Å². The normalized spacial score (nSPS) is 11.2. The number of halogens is 3. The molecule has 0 amide bonds. The molecule has 0 N–H and O–H groups in total. The molecule has 1 aromatic heterocycles. The summed E-state index contributed by atoms with van der Waals surface area (Å²) >= 11 is 0. The van der Waals surface area contributed by atoms with Crippen LogP contribution < -0.4 is 16.2 Å². The zero-order valence-corrected chi connectivity index (χ0v) is 16.8. The minimum Gasteiger partial charge on any atom is -0.294 e. The number of hydrogen-bond donors (Lipinski definition) is 0. The summed E-state index contributed by atoms with van der Waals surface area (Å²) in [6, 6.07) is 17.2. The van der Waals surface area contributed by atoms with Crippen LogP contribution in [0.2, 0.25) is 0 Å². The maximum Gasteiger partial charge on any atom is 0.153 e. The largest absolute Gasteiger partial charge is 0.294 e. The molecule has 0 saturated carbocycles. The molecular weight excluding hydrogens is 392 g/mol. The molecule has 4 aromatic rings. The standard InChI is InChI=1S/C23H18F3N2P/c1-15-7-3-5-9-20(15)29(21-10-6-4-8-16(21)2)23-27-11-12-28(23)22-18(25)13-17(24)14-19(22)26/h3-14H,1-2H3. The molecule has 4 rings (SSSR count). The van der Waals surface area contributed by atoms with Crippen LogP contribution in [0.4, 0.5) is 13.2 Å². The Morgan fingerprint density at radius 2 is 1.31 bits per heavy atom. The van der Waals surface area contributed by atoms with Crippen molar-refractivity contribution in [2.24, 2.45) is 0 Å². The molecule has 0 atom stereocenters. The summed E-state index contributed by atoms with van der Waals surface area (Å²) in [5.74, 6) is -2.89. The van der Waals surface area contributed by atoms with E-state index in [4.69, 9.17) is 0 Å². The quantitative estimate of drug-likeness (QED) is 0.448. The van der Waals surface area contributed by atoms with Crippen molar-refractivity contribution in [2.75, 3.05) is 0 Å². The van der Waals surface area contributed by atoms with E-state index in [-0.39, 0.29) is 5.69 Å². The Bertz CT molecular complexity index is 1120. The summed E-state index contributed by atoms with van der Waals surface area (Å²) in [6.07, 6.45) is 3.03. The zero-order valence-electron chi connectivity index (χ0n) is 15.9. The highest BCUT2D eigenvalue weighted by molar-refractivity contribution is 7.79. The highest BCUT2D eigenvalue weighted by Crippen LogP contribution is 2.36. The minimum absolute atomic E-state index is 0.325. The van der Waals surface area contributed by atoms with E-state index in [9.17, 15) is 13.2 Å². The summed E-state index contributed by atoms with van der Waals surface area (Å²) in [7, 11) is -1.20. The van der Waals surface area contributed by atoms with Crippen molar-refractivity contribution < 1.29 is 13.2 Å². The van der Waals surface area contributed by atoms with E-state index in [1.807, 2.05) is 62.4 Å². The van der Waals surface area contributed by atoms with Crippen molar-refractivity contribution in [1.82, 2.24) is 9.55 Å². The Morgan fingerprint density at radius 3 is 1.83 bits per heavy atom. The van der Waals surface area contributed by atoms with Gasteiger partial charge in [-0.15, -0.1) is 0 Å². The Balaban J connectivity index is 1.99. The fourth-order valence-electron chi connectivity index (χ4n) is 3.37. The molecule has 0 fully saturated rings. The van der Waals surface area contributed by atoms with Crippen molar-refractivity contribution in [2.45, 2.75) is 13.8 Å². The first-order valence-electron chi connectivity index (χ1n) is 9.07. The lowest BCUT2D eigenvalue weighted by Crippen LogP contribution is -2.30. The molecule has 0 unspecified atom stereocenters. The number of imidazole rings is 1. The van der Waals surface area contributed by atoms with Crippen molar-refractivity contribution in [1.29, 1.82) is 0 Å². The third kappa shape index (κ3) is 3.58. The highest BCUT2D eigenvalue weighted by Gasteiger charge is 2.26. The molecule has 146 valence electrons. The molecule has 3 aromatic carbocycles. The summed E-state index contributed by atoms with van der Waals surface area (Å²) in [4.78, 5) is 4.50. The molecule has 0 saturated heterocycles. The molecule has 0 aliphatic heterocycles. The van der Waals surface area contributed by atoms with E-state index in [2.05, 4.69) is 4.98 Å². The number of hydrogen-bond acceptors (Lipinski definition) is 1. The lowest BCUT2D eigenvalue weighted by molar-refractivity contribution is 0.535. The van der Waals surface area contributed by atoms with Gasteiger partial charge in [-0.1, -0.05) is 48.5 Å². The van der Waals surface area contributed by atoms with Crippen LogP contribution in [0.15, 0.2) is 73.1 Å². The Hall–Kier alpha value is -2.91. The van der Waals surface area contributed by atoms with Crippen LogP contribution in [-0.4, -0.2) is 9.55 Å². The number of aromatic nitrogens is 2. The van der Waals surface area contributed by atoms with Gasteiger partial charge in [0.05, 0.1) is 0 Å². The van der Waals surface area contributed by atoms with E-state index in [1.165, 1.54) is 17.0 Å². The van der Waals surface area contributed by atoms with Crippen LogP contribution >= 0.6 is 7.92 Å². The van der Waals surface area contributed by atoms with Crippen LogP contribution in [-0.2, 0) is 0 Å². The van der Waals surface area contributed by atoms with E-state index in [1.54, 1.807) is 0 Å². The third-order valence-corrected chi connectivity index (χ3v) is 7.45. The van der Waals surface area contributed by atoms with Gasteiger partial charge in [0.25, 0.3) is 0 Å². The summed E-state index contributed by atoms with van der Waals surface area (Å²) in [5, 5.41) is 2.10. The van der Waals surface area contributed by atoms with Crippen LogP contribution in [0, 0.1) is 31.3 Å². The van der Waals surface area contributed by atoms with Gasteiger partial charge in [0.15, 0.2) is 11.6 Å². The van der Waals surface area contributed by atoms with E-state index < -0.39 is 25.4 Å². The average Bonchev–Trinajstić information content (AvgIpc) is 3.13. The predicted octanol–water partition coefficient (Wildman–Crippen LogP) is 4.66. The Labute approximate surface area is 168 Å². The second kappa shape index (κ2) is 7.84. The lowest BCUT2D eigenvalue weighted by Gasteiger charge is -2.23. The topological polar surface area (TPSA) is 17.8 Å². The van der Waals surface area contributed by atoms with Gasteiger partial charge in [0.1, 0.15) is 17.1 Å². The smallest absolute Gasteiger partial charge is 0.153 e. The molecule has 0 aliphatic carbocycles. The fourth-order valence-corrected chi connectivity index (χ4v) is 5.95. The van der Waals surface area contributed by atoms with Gasteiger partial charge < -0.3 is 0 Å². The monoisotopic (exact) mass is 410 g/mol. The second-order valence-electron chi connectivity index (χ2n) is 6.72. The van der Waals surface area contributed by atoms with Crippen LogP contribution in [0.1, 0.15) is 11.1 Å². The van der Waals surface area contributed by atoms with Crippen molar-refractivity contribution >= 4 is 24.1 Å². The number of nitrogens with zero attached hydrogens (tertiary/aromatic N) is 2. The lowest BCUT2D eigenvalue weighted by atomic mass is 10.2. The molecule has 6 heteroatoms. The molecule has 0 aliphatic rings. The third-order valence-electron chi connectivity index (χ3n) is 4.76. The SMILES string of the molecule is Cc1ccccc1P(c1ccccc1C)c1nccn1-c1c(F)cc(F)cc1F. The summed E-state index contributed by atoms with van der Waals surface area (Å²) < 4.78 is 44.0. The maximum absolute atomic E-state index is 14.6. The molecular formula is C23H18F3N2P. The fraction of sp³-hybridized carbons (Fsp3) is 0.0870. The summed E-state index contributed by atoms with van der Waals surface area (Å²) in [6.45, 7) is 4.02. The van der Waals surface area contributed by atoms with Crippen LogP contribution in [0.3, 0.4) is 0 Å². The number of rotatable bonds is 4. The highest BCUT2D eigenvalue weighted by atomic mass is 31.1. The maximum atomic E-state index is 14.6. The Morgan fingerprint density at radius 1 is 0.793 bits per heavy atom. The van der Waals surface area contributed by atoms with Crippen molar-refractivity contribution in [3.63, 3.8) is 0 Å². The van der Waals surface area contributed by atoms with E-state index in [0.29, 0.717) is 17.7 Å². The molecule has 1 heterocycles. The van der Waals surface area contributed by atoms with Gasteiger partial charge in [-0.25, -0.2) is 18.2 Å². The molecule has 0 radical (unpaired) electrons. The molecule has 29 heavy (non-hydrogen) atoms. The van der Waals surface area contributed by atoms with Gasteiger partial charge in [-0.05, 0) is 35.6 Å². The van der Waals surface area contributed by atoms with Crippen LogP contribution in [0.5, 0.6) is 0 Å². The van der Waals surface area contributed by atoms with E-state index >= 15 is 0 Å². The van der Waals surface area contributed by atoms with Gasteiger partial charge in [0, 0.05) is 32.4 Å². The zero-order chi connectivity index (χ0) is 20.5. The second-order valence-corrected chi connectivity index (χ2v) is 8.76. The Kier molecular flexibility index (Phi) is 5.25. The first kappa shape index (κ1) is 19.4. The number of benzene rings is 3. The first-order valence-corrected chi connectivity index (χ1v) is 10.4. The van der Waals surface area contributed by atoms with Gasteiger partial charge >= 0.3 is 0 Å².